The van der Waals surface area contributed by atoms with Gasteiger partial charge in [-0.05, 0) is 12.5 Å². The number of hydrogen-bond donors (Lipinski definition) is 2. The van der Waals surface area contributed by atoms with Crippen LogP contribution in [0.2, 0.25) is 0 Å². The molecule has 138 valence electrons. The maximum absolute atomic E-state index is 12.0. The quantitative estimate of drug-likeness (QED) is 0.794. The van der Waals surface area contributed by atoms with Crippen molar-refractivity contribution in [1.82, 2.24) is 10.2 Å². The molecule has 0 aromatic heterocycles. The Bertz CT molecular complexity index is 479. The first-order valence-corrected chi connectivity index (χ1v) is 7.98. The van der Waals surface area contributed by atoms with Gasteiger partial charge in [0.25, 0.3) is 0 Å². The Morgan fingerprint density at radius 1 is 1.25 bits per heavy atom. The van der Waals surface area contributed by atoms with E-state index in [1.54, 1.807) is 0 Å². The van der Waals surface area contributed by atoms with E-state index in [1.807, 2.05) is 6.92 Å². The summed E-state index contributed by atoms with van der Waals surface area (Å²) in [6, 6.07) is 8.71. The number of carbonyl (C=O) groups is 1. The Labute approximate surface area is 157 Å². The van der Waals surface area contributed by atoms with Crippen LogP contribution in [0, 0.1) is 12.8 Å². The summed E-state index contributed by atoms with van der Waals surface area (Å²) in [5, 5.41) is 3.04. The lowest BCUT2D eigenvalue weighted by molar-refractivity contribution is -0.124. The van der Waals surface area contributed by atoms with Gasteiger partial charge in [0.15, 0.2) is 0 Å². The van der Waals surface area contributed by atoms with Crippen LogP contribution in [0.4, 0.5) is 0 Å². The minimum absolute atomic E-state index is 0. The smallest absolute Gasteiger partial charge is 0.224 e. The second kappa shape index (κ2) is 11.7. The van der Waals surface area contributed by atoms with Gasteiger partial charge in [0.05, 0.1) is 19.3 Å². The zero-order valence-electron chi connectivity index (χ0n) is 14.4. The van der Waals surface area contributed by atoms with Gasteiger partial charge in [-0.25, -0.2) is 0 Å². The van der Waals surface area contributed by atoms with Crippen molar-refractivity contribution in [2.45, 2.75) is 19.9 Å². The average Bonchev–Trinajstić information content (AvgIpc) is 2.56. The molecule has 1 amide bonds. The highest BCUT2D eigenvalue weighted by atomic mass is 35.5. The summed E-state index contributed by atoms with van der Waals surface area (Å²) in [6.07, 6.45) is 0. The van der Waals surface area contributed by atoms with E-state index >= 15 is 0 Å². The molecule has 0 radical (unpaired) electrons. The van der Waals surface area contributed by atoms with Crippen LogP contribution in [0.3, 0.4) is 0 Å². The Balaban J connectivity index is 0.00000264. The molecule has 2 rings (SSSR count). The van der Waals surface area contributed by atoms with E-state index in [2.05, 4.69) is 41.4 Å². The second-order valence-corrected chi connectivity index (χ2v) is 5.96. The lowest BCUT2D eigenvalue weighted by Crippen LogP contribution is -2.45. The third-order valence-electron chi connectivity index (χ3n) is 4.22. The molecule has 0 spiro atoms. The fourth-order valence-electron chi connectivity index (χ4n) is 2.61. The van der Waals surface area contributed by atoms with Crippen LogP contribution in [0.5, 0.6) is 0 Å². The molecule has 0 saturated carbocycles. The molecule has 1 aromatic rings. The van der Waals surface area contributed by atoms with Gasteiger partial charge in [-0.15, -0.1) is 24.8 Å². The van der Waals surface area contributed by atoms with Crippen molar-refractivity contribution < 1.29 is 9.53 Å². The van der Waals surface area contributed by atoms with Gasteiger partial charge in [-0.3, -0.25) is 9.69 Å². The zero-order chi connectivity index (χ0) is 15.9. The topological polar surface area (TPSA) is 67.6 Å². The molecule has 1 aliphatic heterocycles. The van der Waals surface area contributed by atoms with Crippen molar-refractivity contribution in [1.29, 1.82) is 0 Å². The number of aryl methyl sites for hydroxylation is 1. The lowest BCUT2D eigenvalue weighted by atomic mass is 10.0. The molecular formula is C17H29Cl2N3O2. The predicted octanol–water partition coefficient (Wildman–Crippen LogP) is 1.92. The van der Waals surface area contributed by atoms with Crippen LogP contribution < -0.4 is 11.1 Å². The van der Waals surface area contributed by atoms with Crippen molar-refractivity contribution in [2.75, 3.05) is 39.4 Å². The van der Waals surface area contributed by atoms with Crippen LogP contribution in [0.15, 0.2) is 24.3 Å². The maximum Gasteiger partial charge on any atom is 0.224 e. The largest absolute Gasteiger partial charge is 0.379 e. The molecule has 7 heteroatoms. The number of ether oxygens (including phenoxy) is 1. The average molecular weight is 378 g/mol. The molecule has 5 nitrogen and oxygen atoms in total. The highest BCUT2D eigenvalue weighted by molar-refractivity contribution is 5.85. The van der Waals surface area contributed by atoms with Crippen LogP contribution in [0.25, 0.3) is 0 Å². The fraction of sp³-hybridized carbons (Fsp3) is 0.588. The van der Waals surface area contributed by atoms with E-state index in [4.69, 9.17) is 10.5 Å². The van der Waals surface area contributed by atoms with Crippen molar-refractivity contribution in [3.63, 3.8) is 0 Å². The molecule has 1 saturated heterocycles. The fourth-order valence-corrected chi connectivity index (χ4v) is 2.61. The number of hydrogen-bond acceptors (Lipinski definition) is 4. The summed E-state index contributed by atoms with van der Waals surface area (Å²) in [7, 11) is 0. The van der Waals surface area contributed by atoms with E-state index < -0.39 is 0 Å². The first-order chi connectivity index (χ1) is 10.6. The number of halogens is 2. The molecule has 2 unspecified atom stereocenters. The molecule has 1 aromatic carbocycles. The van der Waals surface area contributed by atoms with Crippen LogP contribution in [-0.4, -0.2) is 50.2 Å². The van der Waals surface area contributed by atoms with E-state index in [9.17, 15) is 4.79 Å². The Kier molecular flexibility index (Phi) is 11.2. The number of benzene rings is 1. The van der Waals surface area contributed by atoms with Gasteiger partial charge in [0, 0.05) is 32.1 Å². The Morgan fingerprint density at radius 2 is 1.83 bits per heavy atom. The van der Waals surface area contributed by atoms with Crippen LogP contribution in [0.1, 0.15) is 24.1 Å². The first-order valence-electron chi connectivity index (χ1n) is 7.98. The summed E-state index contributed by atoms with van der Waals surface area (Å²) < 4.78 is 5.44. The summed E-state index contributed by atoms with van der Waals surface area (Å²) in [6.45, 7) is 8.18. The summed E-state index contributed by atoms with van der Waals surface area (Å²) >= 11 is 0. The van der Waals surface area contributed by atoms with E-state index in [1.165, 1.54) is 11.1 Å². The number of morpholine rings is 1. The van der Waals surface area contributed by atoms with Gasteiger partial charge in [-0.2, -0.15) is 0 Å². The van der Waals surface area contributed by atoms with Gasteiger partial charge < -0.3 is 15.8 Å². The number of nitrogens with one attached hydrogen (secondary N) is 1. The van der Waals surface area contributed by atoms with Gasteiger partial charge in [0.1, 0.15) is 0 Å². The number of carbonyl (C=O) groups excluding carboxylic acids is 1. The Morgan fingerprint density at radius 3 is 2.38 bits per heavy atom. The summed E-state index contributed by atoms with van der Waals surface area (Å²) in [5.74, 6) is -0.128. The first kappa shape index (κ1) is 23.1. The summed E-state index contributed by atoms with van der Waals surface area (Å²) in [4.78, 5) is 14.4. The van der Waals surface area contributed by atoms with Crippen molar-refractivity contribution in [3.8, 4) is 0 Å². The molecule has 1 fully saturated rings. The zero-order valence-corrected chi connectivity index (χ0v) is 16.0. The minimum atomic E-state index is -0.150. The molecular weight excluding hydrogens is 349 g/mol. The molecule has 2 atom stereocenters. The highest BCUT2D eigenvalue weighted by Crippen LogP contribution is 2.21. The van der Waals surface area contributed by atoms with E-state index in [-0.39, 0.29) is 42.7 Å². The SMILES string of the molecule is Cc1ccc(C(CNC(=O)C(C)CN)N2CCOCC2)cc1.Cl.Cl. The van der Waals surface area contributed by atoms with Crippen LogP contribution in [-0.2, 0) is 9.53 Å². The van der Waals surface area contributed by atoms with E-state index in [0.717, 1.165) is 26.3 Å². The normalized spacial score (nSPS) is 17.1. The van der Waals surface area contributed by atoms with Crippen molar-refractivity contribution in [3.05, 3.63) is 35.4 Å². The van der Waals surface area contributed by atoms with Gasteiger partial charge in [0.2, 0.25) is 5.91 Å². The molecule has 0 aliphatic carbocycles. The number of nitrogens with two attached hydrogens (primary N) is 1. The highest BCUT2D eigenvalue weighted by Gasteiger charge is 2.23. The molecule has 3 N–H and O–H groups in total. The third kappa shape index (κ3) is 6.57. The maximum atomic E-state index is 12.0. The molecule has 1 aliphatic rings. The lowest BCUT2D eigenvalue weighted by Gasteiger charge is -2.35. The van der Waals surface area contributed by atoms with Crippen molar-refractivity contribution >= 4 is 30.7 Å². The van der Waals surface area contributed by atoms with E-state index in [0.29, 0.717) is 13.1 Å². The van der Waals surface area contributed by atoms with Crippen molar-refractivity contribution in [2.24, 2.45) is 11.7 Å². The summed E-state index contributed by atoms with van der Waals surface area (Å²) in [5.41, 5.74) is 8.03. The van der Waals surface area contributed by atoms with Gasteiger partial charge >= 0.3 is 0 Å². The monoisotopic (exact) mass is 377 g/mol. The predicted molar refractivity (Wildman–Crippen MR) is 102 cm³/mol. The standard InChI is InChI=1S/C17H27N3O2.2ClH/c1-13-3-5-15(6-4-13)16(20-7-9-22-10-8-20)12-19-17(21)14(2)11-18;;/h3-6,14,16H,7-12,18H2,1-2H3,(H,19,21);2*1H. The number of nitrogens with zero attached hydrogens (tertiary/aromatic N) is 1. The molecule has 1 heterocycles. The number of rotatable bonds is 6. The molecule has 0 bridgehead atoms. The number of amides is 1. The Hall–Kier alpha value is -0.850. The van der Waals surface area contributed by atoms with Crippen LogP contribution >= 0.6 is 24.8 Å². The second-order valence-electron chi connectivity index (χ2n) is 5.96. The molecule has 24 heavy (non-hydrogen) atoms. The van der Waals surface area contributed by atoms with Gasteiger partial charge in [-0.1, -0.05) is 36.8 Å². The minimum Gasteiger partial charge on any atom is -0.379 e. The third-order valence-corrected chi connectivity index (χ3v) is 4.22.